The number of amides is 2. The van der Waals surface area contributed by atoms with E-state index in [4.69, 9.17) is 5.73 Å². The van der Waals surface area contributed by atoms with Crippen LogP contribution in [0.25, 0.3) is 0 Å². The molecule has 0 aliphatic carbocycles. The molecule has 0 saturated carbocycles. The summed E-state index contributed by atoms with van der Waals surface area (Å²) in [5.41, 5.74) is 5.31. The van der Waals surface area contributed by atoms with E-state index >= 15 is 0 Å². The van der Waals surface area contributed by atoms with Crippen molar-refractivity contribution in [2.75, 3.05) is 25.0 Å². The van der Waals surface area contributed by atoms with Gasteiger partial charge in [-0.25, -0.2) is 4.79 Å². The van der Waals surface area contributed by atoms with E-state index in [0.717, 1.165) is 18.6 Å². The topological polar surface area (TPSA) is 58.4 Å². The van der Waals surface area contributed by atoms with Gasteiger partial charge in [0.05, 0.1) is 5.56 Å². The zero-order valence-corrected chi connectivity index (χ0v) is 12.4. The molecule has 1 aromatic rings. The van der Waals surface area contributed by atoms with Gasteiger partial charge in [0.15, 0.2) is 0 Å². The number of piperidine rings is 1. The minimum atomic E-state index is -4.38. The zero-order chi connectivity index (χ0) is 16.3. The minimum Gasteiger partial charge on any atom is -0.330 e. The summed E-state index contributed by atoms with van der Waals surface area (Å²) < 4.78 is 37.5. The van der Waals surface area contributed by atoms with E-state index in [-0.39, 0.29) is 11.9 Å². The summed E-state index contributed by atoms with van der Waals surface area (Å²) in [4.78, 5) is 13.8. The number of carbonyl (C=O) groups excluding carboxylic acids is 1. The van der Waals surface area contributed by atoms with Gasteiger partial charge in [0, 0.05) is 18.8 Å². The van der Waals surface area contributed by atoms with Crippen LogP contribution in [-0.2, 0) is 6.18 Å². The van der Waals surface area contributed by atoms with Gasteiger partial charge in [-0.2, -0.15) is 13.2 Å². The molecule has 2 unspecified atom stereocenters. The summed E-state index contributed by atoms with van der Waals surface area (Å²) in [6.07, 6.45) is -3.50. The highest BCUT2D eigenvalue weighted by Gasteiger charge is 2.30. The number of nitrogens with zero attached hydrogens (tertiary/aromatic N) is 1. The molecule has 22 heavy (non-hydrogen) atoms. The third-order valence-corrected chi connectivity index (χ3v) is 4.17. The highest BCUT2D eigenvalue weighted by molar-refractivity contribution is 5.89. The summed E-state index contributed by atoms with van der Waals surface area (Å²) >= 11 is 0. The number of halogens is 3. The van der Waals surface area contributed by atoms with Crippen molar-refractivity contribution < 1.29 is 18.0 Å². The Morgan fingerprint density at radius 3 is 2.55 bits per heavy atom. The standard InChI is InChI=1S/C15H20F3N3O/c1-10-6-7-21(9-11(10)8-19)14(22)20-13-4-2-12(3-5-13)15(16,17)18/h2-5,10-11H,6-9,19H2,1H3,(H,20,22). The van der Waals surface area contributed by atoms with Crippen molar-refractivity contribution >= 4 is 11.7 Å². The Balaban J connectivity index is 1.97. The molecule has 0 spiro atoms. The van der Waals surface area contributed by atoms with Crippen LogP contribution in [0.1, 0.15) is 18.9 Å². The van der Waals surface area contributed by atoms with Crippen molar-refractivity contribution in [2.24, 2.45) is 17.6 Å². The SMILES string of the molecule is CC1CCN(C(=O)Nc2ccc(C(F)(F)F)cc2)CC1CN. The Morgan fingerprint density at radius 1 is 1.36 bits per heavy atom. The summed E-state index contributed by atoms with van der Waals surface area (Å²) in [5, 5.41) is 2.63. The van der Waals surface area contributed by atoms with Crippen LogP contribution in [0.5, 0.6) is 0 Å². The maximum Gasteiger partial charge on any atom is 0.416 e. The lowest BCUT2D eigenvalue weighted by molar-refractivity contribution is -0.137. The molecule has 0 bridgehead atoms. The fraction of sp³-hybridized carbons (Fsp3) is 0.533. The van der Waals surface area contributed by atoms with Gasteiger partial charge in [0.1, 0.15) is 0 Å². The number of hydrogen-bond acceptors (Lipinski definition) is 2. The van der Waals surface area contributed by atoms with Crippen LogP contribution < -0.4 is 11.1 Å². The highest BCUT2D eigenvalue weighted by atomic mass is 19.4. The molecule has 2 rings (SSSR count). The Bertz CT molecular complexity index is 516. The summed E-state index contributed by atoms with van der Waals surface area (Å²) in [6, 6.07) is 4.12. The molecule has 1 aromatic carbocycles. The molecule has 0 radical (unpaired) electrons. The zero-order valence-electron chi connectivity index (χ0n) is 12.4. The van der Waals surface area contributed by atoms with Crippen molar-refractivity contribution in [3.8, 4) is 0 Å². The molecular formula is C15H20F3N3O. The predicted octanol–water partition coefficient (Wildman–Crippen LogP) is 3.15. The Kier molecular flexibility index (Phi) is 4.95. The van der Waals surface area contributed by atoms with Gasteiger partial charge in [0.2, 0.25) is 0 Å². The van der Waals surface area contributed by atoms with Crippen LogP contribution in [0.2, 0.25) is 0 Å². The smallest absolute Gasteiger partial charge is 0.330 e. The highest BCUT2D eigenvalue weighted by Crippen LogP contribution is 2.30. The van der Waals surface area contributed by atoms with E-state index in [9.17, 15) is 18.0 Å². The van der Waals surface area contributed by atoms with E-state index in [2.05, 4.69) is 12.2 Å². The van der Waals surface area contributed by atoms with Crippen molar-refractivity contribution in [3.05, 3.63) is 29.8 Å². The van der Waals surface area contributed by atoms with E-state index < -0.39 is 11.7 Å². The molecule has 0 aromatic heterocycles. The van der Waals surface area contributed by atoms with Gasteiger partial charge in [-0.3, -0.25) is 0 Å². The van der Waals surface area contributed by atoms with Crippen molar-refractivity contribution in [1.29, 1.82) is 0 Å². The number of rotatable bonds is 2. The number of likely N-dealkylation sites (tertiary alicyclic amines) is 1. The molecule has 1 aliphatic rings. The van der Waals surface area contributed by atoms with E-state index in [1.54, 1.807) is 4.90 Å². The number of carbonyl (C=O) groups is 1. The Morgan fingerprint density at radius 2 is 2.00 bits per heavy atom. The van der Waals surface area contributed by atoms with Crippen LogP contribution >= 0.6 is 0 Å². The molecule has 1 aliphatic heterocycles. The van der Waals surface area contributed by atoms with Crippen molar-refractivity contribution in [3.63, 3.8) is 0 Å². The molecule has 122 valence electrons. The van der Waals surface area contributed by atoms with Crippen LogP contribution in [0.3, 0.4) is 0 Å². The number of benzene rings is 1. The largest absolute Gasteiger partial charge is 0.416 e. The number of urea groups is 1. The molecule has 7 heteroatoms. The number of nitrogens with one attached hydrogen (secondary N) is 1. The molecule has 3 N–H and O–H groups in total. The predicted molar refractivity (Wildman–Crippen MR) is 78.4 cm³/mol. The van der Waals surface area contributed by atoms with Gasteiger partial charge in [0.25, 0.3) is 0 Å². The number of anilines is 1. The number of nitrogens with two attached hydrogens (primary N) is 1. The maximum absolute atomic E-state index is 12.5. The second-order valence-electron chi connectivity index (χ2n) is 5.71. The lowest BCUT2D eigenvalue weighted by Gasteiger charge is -2.36. The van der Waals surface area contributed by atoms with Gasteiger partial charge >= 0.3 is 12.2 Å². The van der Waals surface area contributed by atoms with Gasteiger partial charge in [-0.15, -0.1) is 0 Å². The van der Waals surface area contributed by atoms with Gasteiger partial charge in [-0.1, -0.05) is 6.92 Å². The first-order chi connectivity index (χ1) is 10.3. The first-order valence-corrected chi connectivity index (χ1v) is 7.24. The molecule has 1 fully saturated rings. The Labute approximate surface area is 127 Å². The molecule has 1 heterocycles. The lowest BCUT2D eigenvalue weighted by atomic mass is 9.87. The van der Waals surface area contributed by atoms with E-state index in [1.807, 2.05) is 0 Å². The number of alkyl halides is 3. The normalized spacial score (nSPS) is 22.5. The first-order valence-electron chi connectivity index (χ1n) is 7.24. The third kappa shape index (κ3) is 3.91. The lowest BCUT2D eigenvalue weighted by Crippen LogP contribution is -2.47. The van der Waals surface area contributed by atoms with Gasteiger partial charge < -0.3 is 16.0 Å². The minimum absolute atomic E-state index is 0.257. The fourth-order valence-electron chi connectivity index (χ4n) is 2.59. The maximum atomic E-state index is 12.5. The quantitative estimate of drug-likeness (QED) is 0.881. The van der Waals surface area contributed by atoms with Crippen molar-refractivity contribution in [2.45, 2.75) is 19.5 Å². The van der Waals surface area contributed by atoms with E-state index in [0.29, 0.717) is 31.2 Å². The second kappa shape index (κ2) is 6.56. The van der Waals surface area contributed by atoms with Gasteiger partial charge in [-0.05, 0) is 49.1 Å². The monoisotopic (exact) mass is 315 g/mol. The Hall–Kier alpha value is -1.76. The molecule has 2 amide bonds. The van der Waals surface area contributed by atoms with Crippen LogP contribution in [0, 0.1) is 11.8 Å². The van der Waals surface area contributed by atoms with Crippen LogP contribution in [0.15, 0.2) is 24.3 Å². The fourth-order valence-corrected chi connectivity index (χ4v) is 2.59. The summed E-state index contributed by atoms with van der Waals surface area (Å²) in [5.74, 6) is 0.729. The van der Waals surface area contributed by atoms with E-state index in [1.165, 1.54) is 12.1 Å². The van der Waals surface area contributed by atoms with Crippen molar-refractivity contribution in [1.82, 2.24) is 4.90 Å². The van der Waals surface area contributed by atoms with Crippen LogP contribution in [0.4, 0.5) is 23.7 Å². The average molecular weight is 315 g/mol. The first kappa shape index (κ1) is 16.6. The van der Waals surface area contributed by atoms with Crippen LogP contribution in [-0.4, -0.2) is 30.6 Å². The second-order valence-corrected chi connectivity index (χ2v) is 5.71. The molecular weight excluding hydrogens is 295 g/mol. The molecule has 2 atom stereocenters. The summed E-state index contributed by atoms with van der Waals surface area (Å²) in [6.45, 7) is 3.84. The molecule has 1 saturated heterocycles. The molecule has 4 nitrogen and oxygen atoms in total. The third-order valence-electron chi connectivity index (χ3n) is 4.17. The number of hydrogen-bond donors (Lipinski definition) is 2. The summed E-state index contributed by atoms with van der Waals surface area (Å²) in [7, 11) is 0. The average Bonchev–Trinajstić information content (AvgIpc) is 2.47.